The van der Waals surface area contributed by atoms with Crippen molar-refractivity contribution < 1.29 is 4.57 Å². The highest BCUT2D eigenvalue weighted by Gasteiger charge is 2.30. The van der Waals surface area contributed by atoms with Gasteiger partial charge in [0.2, 0.25) is 0 Å². The number of hydrogen-bond donors (Lipinski definition) is 0. The number of nitrogens with zero attached hydrogens (tertiary/aromatic N) is 2. The minimum absolute atomic E-state index is 0.414. The van der Waals surface area contributed by atoms with Gasteiger partial charge in [-0.1, -0.05) is 116 Å². The Morgan fingerprint density at radius 1 is 0.686 bits per heavy atom. The molecule has 2 aromatic carbocycles. The van der Waals surface area contributed by atoms with Crippen molar-refractivity contribution in [3.05, 3.63) is 101 Å². The van der Waals surface area contributed by atoms with Crippen LogP contribution in [0.5, 0.6) is 0 Å². The predicted molar refractivity (Wildman–Crippen MR) is 149 cm³/mol. The van der Waals surface area contributed by atoms with E-state index in [1.165, 1.54) is 39.5 Å². The Labute approximate surface area is 213 Å². The molecular formula is C33H43N2+. The third-order valence-electron chi connectivity index (χ3n) is 7.33. The molecule has 0 fully saturated rings. The number of imidazole rings is 1. The maximum Gasteiger partial charge on any atom is 0.267 e. The van der Waals surface area contributed by atoms with Gasteiger partial charge in [-0.3, -0.25) is 0 Å². The van der Waals surface area contributed by atoms with Crippen LogP contribution in [-0.4, -0.2) is 4.57 Å². The lowest BCUT2D eigenvalue weighted by Crippen LogP contribution is -2.38. The quantitative estimate of drug-likeness (QED) is 0.293. The zero-order valence-corrected chi connectivity index (χ0v) is 22.9. The topological polar surface area (TPSA) is 8.81 Å². The molecule has 35 heavy (non-hydrogen) atoms. The number of rotatable bonds is 8. The number of hydrogen-bond acceptors (Lipinski definition) is 0. The van der Waals surface area contributed by atoms with E-state index in [0.717, 1.165) is 6.42 Å². The van der Waals surface area contributed by atoms with Crippen LogP contribution in [0.3, 0.4) is 0 Å². The molecule has 1 aromatic heterocycles. The van der Waals surface area contributed by atoms with Gasteiger partial charge >= 0.3 is 0 Å². The Morgan fingerprint density at radius 2 is 1.14 bits per heavy atom. The van der Waals surface area contributed by atoms with Gasteiger partial charge in [0.15, 0.2) is 0 Å². The van der Waals surface area contributed by atoms with E-state index in [1.54, 1.807) is 0 Å². The lowest BCUT2D eigenvalue weighted by molar-refractivity contribution is -0.605. The van der Waals surface area contributed by atoms with Gasteiger partial charge in [0.05, 0.1) is 6.42 Å². The smallest absolute Gasteiger partial charge is 0.199 e. The Balaban J connectivity index is 2.05. The fourth-order valence-corrected chi connectivity index (χ4v) is 5.43. The lowest BCUT2D eigenvalue weighted by Gasteiger charge is -2.20. The van der Waals surface area contributed by atoms with E-state index in [4.69, 9.17) is 0 Å². The van der Waals surface area contributed by atoms with Crippen LogP contribution in [0.25, 0.3) is 11.4 Å². The summed E-state index contributed by atoms with van der Waals surface area (Å²) in [5.74, 6) is 3.56. The summed E-state index contributed by atoms with van der Waals surface area (Å²) in [5, 5.41) is 0. The monoisotopic (exact) mass is 467 g/mol. The second-order valence-electron chi connectivity index (χ2n) is 11.3. The van der Waals surface area contributed by atoms with Crippen molar-refractivity contribution in [2.45, 2.75) is 85.5 Å². The number of benzene rings is 2. The predicted octanol–water partition coefficient (Wildman–Crippen LogP) is 8.53. The van der Waals surface area contributed by atoms with Crippen LogP contribution in [0.4, 0.5) is 0 Å². The van der Waals surface area contributed by atoms with Crippen molar-refractivity contribution >= 4 is 0 Å². The average molecular weight is 468 g/mol. The maximum atomic E-state index is 2.51. The minimum atomic E-state index is 0.414. The van der Waals surface area contributed by atoms with Crippen LogP contribution in [-0.2, 0) is 6.42 Å². The van der Waals surface area contributed by atoms with Gasteiger partial charge in [0, 0.05) is 28.2 Å². The summed E-state index contributed by atoms with van der Waals surface area (Å²) in [4.78, 5) is 0. The zero-order chi connectivity index (χ0) is 25.3. The zero-order valence-electron chi connectivity index (χ0n) is 22.9. The molecule has 2 nitrogen and oxygen atoms in total. The Kier molecular flexibility index (Phi) is 7.50. The van der Waals surface area contributed by atoms with Gasteiger partial charge in [0.25, 0.3) is 5.82 Å². The van der Waals surface area contributed by atoms with E-state index >= 15 is 0 Å². The number of aromatic nitrogens is 2. The van der Waals surface area contributed by atoms with Crippen LogP contribution in [0.15, 0.2) is 73.1 Å². The summed E-state index contributed by atoms with van der Waals surface area (Å²) in [5.41, 5.74) is 8.39. The molecule has 2 heteroatoms. The lowest BCUT2D eigenvalue weighted by atomic mass is 9.92. The molecule has 184 valence electrons. The molecule has 0 amide bonds. The molecule has 0 unspecified atom stereocenters. The summed E-state index contributed by atoms with van der Waals surface area (Å²) in [7, 11) is 0. The largest absolute Gasteiger partial charge is 0.267 e. The molecule has 0 radical (unpaired) electrons. The SMILES string of the molecule is CC(C)c1cccc(C(C)C)c1-n1cc[n+](-c2c(C(C)C)cccc2C(C)C)c1CC1C=CC=C1. The fraction of sp³-hybridized carbons (Fsp3) is 0.424. The van der Waals surface area contributed by atoms with E-state index in [0.29, 0.717) is 29.6 Å². The minimum Gasteiger partial charge on any atom is -0.199 e. The van der Waals surface area contributed by atoms with E-state index in [2.05, 4.69) is 138 Å². The first-order valence-corrected chi connectivity index (χ1v) is 13.4. The molecule has 3 aromatic rings. The van der Waals surface area contributed by atoms with Crippen LogP contribution < -0.4 is 4.57 Å². The summed E-state index contributed by atoms with van der Waals surface area (Å²) in [6.07, 6.45) is 14.6. The number of para-hydroxylation sites is 2. The molecule has 1 aliphatic rings. The first-order chi connectivity index (χ1) is 16.7. The first-order valence-electron chi connectivity index (χ1n) is 13.4. The molecule has 4 rings (SSSR count). The normalized spacial score (nSPS) is 13.9. The molecule has 0 saturated carbocycles. The third kappa shape index (κ3) is 4.94. The van der Waals surface area contributed by atoms with Crippen LogP contribution in [0.2, 0.25) is 0 Å². The van der Waals surface area contributed by atoms with Crippen LogP contribution in [0, 0.1) is 5.92 Å². The maximum absolute atomic E-state index is 2.51. The highest BCUT2D eigenvalue weighted by molar-refractivity contribution is 5.52. The molecule has 0 atom stereocenters. The van der Waals surface area contributed by atoms with Crippen molar-refractivity contribution in [2.24, 2.45) is 5.92 Å². The van der Waals surface area contributed by atoms with Crippen molar-refractivity contribution in [3.63, 3.8) is 0 Å². The van der Waals surface area contributed by atoms with Crippen molar-refractivity contribution in [1.29, 1.82) is 0 Å². The molecule has 0 N–H and O–H groups in total. The van der Waals surface area contributed by atoms with E-state index in [9.17, 15) is 0 Å². The summed E-state index contributed by atoms with van der Waals surface area (Å²) >= 11 is 0. The third-order valence-corrected chi connectivity index (χ3v) is 7.33. The second kappa shape index (κ2) is 10.4. The fourth-order valence-electron chi connectivity index (χ4n) is 5.43. The van der Waals surface area contributed by atoms with Crippen molar-refractivity contribution in [2.75, 3.05) is 0 Å². The van der Waals surface area contributed by atoms with Gasteiger partial charge in [-0.05, 0) is 23.7 Å². The highest BCUT2D eigenvalue weighted by atomic mass is 15.2. The second-order valence-corrected chi connectivity index (χ2v) is 11.3. The highest BCUT2D eigenvalue weighted by Crippen LogP contribution is 2.34. The molecule has 1 heterocycles. The standard InChI is InChI=1S/C33H43N2/c1-22(2)27-15-11-16-28(23(3)4)32(27)34-19-20-35(31(34)21-26-13-9-10-14-26)33-29(24(5)6)17-12-18-30(33)25(7)8/h9-20,22-26H,21H2,1-8H3/q+1. The Bertz CT molecular complexity index is 1090. The van der Waals surface area contributed by atoms with E-state index < -0.39 is 0 Å². The summed E-state index contributed by atoms with van der Waals surface area (Å²) < 4.78 is 5.01. The molecule has 0 bridgehead atoms. The first kappa shape index (κ1) is 25.2. The summed E-state index contributed by atoms with van der Waals surface area (Å²) in [6, 6.07) is 13.7. The van der Waals surface area contributed by atoms with Gasteiger partial charge in [-0.25, -0.2) is 0 Å². The molecule has 0 saturated heterocycles. The van der Waals surface area contributed by atoms with Crippen LogP contribution in [0.1, 0.15) is 107 Å². The van der Waals surface area contributed by atoms with Crippen LogP contribution >= 0.6 is 0 Å². The van der Waals surface area contributed by atoms with Gasteiger partial charge in [-0.2, -0.15) is 9.13 Å². The Morgan fingerprint density at radius 3 is 1.60 bits per heavy atom. The molecule has 0 aliphatic heterocycles. The Hall–Kier alpha value is -2.87. The van der Waals surface area contributed by atoms with Crippen molar-refractivity contribution in [3.8, 4) is 11.4 Å². The van der Waals surface area contributed by atoms with Gasteiger partial charge in [-0.15, -0.1) is 0 Å². The van der Waals surface area contributed by atoms with Crippen molar-refractivity contribution in [1.82, 2.24) is 4.57 Å². The molecular weight excluding hydrogens is 424 g/mol. The average Bonchev–Trinajstić information content (AvgIpc) is 3.48. The van der Waals surface area contributed by atoms with E-state index in [-0.39, 0.29) is 0 Å². The molecule has 1 aliphatic carbocycles. The van der Waals surface area contributed by atoms with Gasteiger partial charge < -0.3 is 0 Å². The number of allylic oxidation sites excluding steroid dienone is 4. The van der Waals surface area contributed by atoms with E-state index in [1.807, 2.05) is 0 Å². The van der Waals surface area contributed by atoms with Gasteiger partial charge in [0.1, 0.15) is 23.8 Å². The molecule has 0 spiro atoms. The summed E-state index contributed by atoms with van der Waals surface area (Å²) in [6.45, 7) is 18.5.